The number of carbonyl (C=O) groups is 5. The summed E-state index contributed by atoms with van der Waals surface area (Å²) < 4.78 is 0. The average molecular weight is 455 g/mol. The van der Waals surface area contributed by atoms with Crippen molar-refractivity contribution in [2.75, 3.05) is 5.75 Å². The first-order valence-corrected chi connectivity index (χ1v) is 9.94. The number of benzene rings is 1. The van der Waals surface area contributed by atoms with Crippen LogP contribution in [0.5, 0.6) is 0 Å². The summed E-state index contributed by atoms with van der Waals surface area (Å²) in [7, 11) is 0. The highest BCUT2D eigenvalue weighted by molar-refractivity contribution is 7.80. The van der Waals surface area contributed by atoms with Gasteiger partial charge in [0, 0.05) is 12.2 Å². The van der Waals surface area contributed by atoms with E-state index in [9.17, 15) is 24.0 Å². The van der Waals surface area contributed by atoms with Crippen molar-refractivity contribution in [3.63, 3.8) is 0 Å². The molecule has 170 valence electrons. The van der Waals surface area contributed by atoms with Crippen molar-refractivity contribution in [1.29, 1.82) is 0 Å². The minimum Gasteiger partial charge on any atom is -0.481 e. The van der Waals surface area contributed by atoms with Gasteiger partial charge in [-0.3, -0.25) is 19.2 Å². The van der Waals surface area contributed by atoms with Crippen LogP contribution in [0.3, 0.4) is 0 Å². The molecule has 4 unspecified atom stereocenters. The van der Waals surface area contributed by atoms with Gasteiger partial charge in [0.2, 0.25) is 17.7 Å². The monoisotopic (exact) mass is 454 g/mol. The predicted molar refractivity (Wildman–Crippen MR) is 113 cm³/mol. The smallest absolute Gasteiger partial charge is 0.326 e. The zero-order valence-corrected chi connectivity index (χ0v) is 17.7. The van der Waals surface area contributed by atoms with E-state index in [1.807, 2.05) is 0 Å². The first-order valence-electron chi connectivity index (χ1n) is 9.31. The summed E-state index contributed by atoms with van der Waals surface area (Å²) in [6.07, 6.45) is -0.709. The highest BCUT2D eigenvalue weighted by Crippen LogP contribution is 2.05. The Bertz CT molecular complexity index is 806. The van der Waals surface area contributed by atoms with Crippen molar-refractivity contribution in [2.24, 2.45) is 5.73 Å². The maximum absolute atomic E-state index is 12.7. The molecule has 1 aromatic rings. The highest BCUT2D eigenvalue weighted by Gasteiger charge is 2.29. The molecule has 0 saturated carbocycles. The van der Waals surface area contributed by atoms with Gasteiger partial charge < -0.3 is 31.9 Å². The topological polar surface area (TPSA) is 188 Å². The lowest BCUT2D eigenvalue weighted by molar-refractivity contribution is -0.147. The highest BCUT2D eigenvalue weighted by atomic mass is 32.1. The van der Waals surface area contributed by atoms with E-state index in [0.717, 1.165) is 5.56 Å². The third-order valence-corrected chi connectivity index (χ3v) is 4.59. The summed E-state index contributed by atoms with van der Waals surface area (Å²) >= 11 is 3.95. The Labute approximate surface area is 184 Å². The standard InChI is InChI=1S/C19H26N4O7S/c1-10(16(26)23-14(19(29)30)8-15(24)25)21-18(28)13(22-17(27)12(20)9-31)7-11-5-3-2-4-6-11/h2-6,10,12-14,31H,7-9,20H2,1H3,(H,21,28)(H,22,27)(H,23,26)(H,24,25)(H,29,30). The molecule has 7 N–H and O–H groups in total. The number of carboxylic acid groups (broad SMARTS) is 2. The number of nitrogens with two attached hydrogens (primary N) is 1. The van der Waals surface area contributed by atoms with Crippen molar-refractivity contribution in [3.05, 3.63) is 35.9 Å². The molecule has 12 heteroatoms. The molecule has 0 aliphatic rings. The van der Waals surface area contributed by atoms with Crippen LogP contribution in [0.4, 0.5) is 0 Å². The number of nitrogens with one attached hydrogen (secondary N) is 3. The van der Waals surface area contributed by atoms with Gasteiger partial charge in [-0.05, 0) is 12.5 Å². The molecule has 0 fully saturated rings. The fourth-order valence-corrected chi connectivity index (χ4v) is 2.64. The molecule has 0 aliphatic carbocycles. The van der Waals surface area contributed by atoms with Gasteiger partial charge in [0.1, 0.15) is 18.1 Å². The third-order valence-electron chi connectivity index (χ3n) is 4.19. The van der Waals surface area contributed by atoms with Crippen LogP contribution in [0.1, 0.15) is 18.9 Å². The van der Waals surface area contributed by atoms with Crippen LogP contribution in [-0.2, 0) is 30.4 Å². The van der Waals surface area contributed by atoms with Crippen LogP contribution < -0.4 is 21.7 Å². The average Bonchev–Trinajstić information content (AvgIpc) is 2.72. The number of hydrogen-bond acceptors (Lipinski definition) is 7. The van der Waals surface area contributed by atoms with E-state index >= 15 is 0 Å². The van der Waals surface area contributed by atoms with Gasteiger partial charge in [0.05, 0.1) is 12.5 Å². The summed E-state index contributed by atoms with van der Waals surface area (Å²) in [5.74, 6) is -5.06. The Morgan fingerprint density at radius 1 is 0.935 bits per heavy atom. The SMILES string of the molecule is CC(NC(=O)C(Cc1ccccc1)NC(=O)C(N)CS)C(=O)NC(CC(=O)O)C(=O)O. The minimum absolute atomic E-state index is 0.0600. The quantitative estimate of drug-likeness (QED) is 0.186. The molecule has 4 atom stereocenters. The lowest BCUT2D eigenvalue weighted by Crippen LogP contribution is -2.57. The van der Waals surface area contributed by atoms with Crippen molar-refractivity contribution in [3.8, 4) is 0 Å². The van der Waals surface area contributed by atoms with Crippen LogP contribution >= 0.6 is 12.6 Å². The van der Waals surface area contributed by atoms with E-state index in [4.69, 9.17) is 15.9 Å². The molecule has 11 nitrogen and oxygen atoms in total. The van der Waals surface area contributed by atoms with Crippen LogP contribution in [-0.4, -0.2) is 69.8 Å². The largest absolute Gasteiger partial charge is 0.481 e. The minimum atomic E-state index is -1.66. The third kappa shape index (κ3) is 9.05. The van der Waals surface area contributed by atoms with Crippen LogP contribution in [0.15, 0.2) is 30.3 Å². The molecule has 3 amide bonds. The molecule has 0 saturated heterocycles. The Morgan fingerprint density at radius 3 is 2.03 bits per heavy atom. The Kier molecular flexibility index (Phi) is 10.5. The molecule has 0 aliphatic heterocycles. The van der Waals surface area contributed by atoms with Gasteiger partial charge in [0.15, 0.2) is 0 Å². The summed E-state index contributed by atoms with van der Waals surface area (Å²) in [4.78, 5) is 59.0. The van der Waals surface area contributed by atoms with Crippen LogP contribution in [0.25, 0.3) is 0 Å². The Morgan fingerprint density at radius 2 is 1.52 bits per heavy atom. The summed E-state index contributed by atoms with van der Waals surface area (Å²) in [5.41, 5.74) is 6.39. The molecule has 1 rings (SSSR count). The van der Waals surface area contributed by atoms with E-state index in [1.165, 1.54) is 6.92 Å². The first kappa shape index (κ1) is 25.9. The van der Waals surface area contributed by atoms with Crippen LogP contribution in [0.2, 0.25) is 0 Å². The van der Waals surface area contributed by atoms with Gasteiger partial charge in [-0.25, -0.2) is 4.79 Å². The number of rotatable bonds is 12. The van der Waals surface area contributed by atoms with Crippen molar-refractivity contribution < 1.29 is 34.2 Å². The second kappa shape index (κ2) is 12.5. The number of amides is 3. The van der Waals surface area contributed by atoms with Crippen LogP contribution in [0, 0.1) is 0 Å². The molecule has 0 radical (unpaired) electrons. The van der Waals surface area contributed by atoms with E-state index < -0.39 is 60.2 Å². The molecular formula is C19H26N4O7S. The fourth-order valence-electron chi connectivity index (χ4n) is 2.47. The normalized spacial score (nSPS) is 14.4. The molecule has 0 spiro atoms. The van der Waals surface area contributed by atoms with Crippen molar-refractivity contribution in [2.45, 2.75) is 43.9 Å². The van der Waals surface area contributed by atoms with Gasteiger partial charge >= 0.3 is 11.9 Å². The maximum atomic E-state index is 12.7. The van der Waals surface area contributed by atoms with Crippen molar-refractivity contribution >= 4 is 42.3 Å². The molecule has 1 aromatic carbocycles. The molecule has 31 heavy (non-hydrogen) atoms. The van der Waals surface area contributed by atoms with Gasteiger partial charge in [0.25, 0.3) is 0 Å². The van der Waals surface area contributed by atoms with Gasteiger partial charge in [-0.15, -0.1) is 0 Å². The number of hydrogen-bond donors (Lipinski definition) is 7. The fraction of sp³-hybridized carbons (Fsp3) is 0.421. The first-order chi connectivity index (χ1) is 14.5. The van der Waals surface area contributed by atoms with Crippen molar-refractivity contribution in [1.82, 2.24) is 16.0 Å². The zero-order valence-electron chi connectivity index (χ0n) is 16.8. The lowest BCUT2D eigenvalue weighted by Gasteiger charge is -2.23. The van der Waals surface area contributed by atoms with Gasteiger partial charge in [-0.2, -0.15) is 12.6 Å². The number of thiol groups is 1. The second-order valence-electron chi connectivity index (χ2n) is 6.77. The Hall–Kier alpha value is -3.12. The number of carbonyl (C=O) groups excluding carboxylic acids is 3. The molecule has 0 aromatic heterocycles. The van der Waals surface area contributed by atoms with E-state index in [0.29, 0.717) is 0 Å². The van der Waals surface area contributed by atoms with Gasteiger partial charge in [-0.1, -0.05) is 30.3 Å². The summed E-state index contributed by atoms with van der Waals surface area (Å²) in [6, 6.07) is 3.96. The Balaban J connectivity index is 2.87. The number of aliphatic carboxylic acids is 2. The van der Waals surface area contributed by atoms with E-state index in [2.05, 4.69) is 28.6 Å². The molecule has 0 heterocycles. The second-order valence-corrected chi connectivity index (χ2v) is 7.13. The molecular weight excluding hydrogens is 428 g/mol. The number of carboxylic acids is 2. The lowest BCUT2D eigenvalue weighted by atomic mass is 10.0. The zero-order chi connectivity index (χ0) is 23.6. The molecule has 0 bridgehead atoms. The maximum Gasteiger partial charge on any atom is 0.326 e. The summed E-state index contributed by atoms with van der Waals surface area (Å²) in [5, 5.41) is 24.8. The van der Waals surface area contributed by atoms with E-state index in [1.54, 1.807) is 30.3 Å². The van der Waals surface area contributed by atoms with E-state index in [-0.39, 0.29) is 12.2 Å². The summed E-state index contributed by atoms with van der Waals surface area (Å²) in [6.45, 7) is 1.30. The predicted octanol–water partition coefficient (Wildman–Crippen LogP) is -1.48.